The molecular formula is C12H14N4O. The van der Waals surface area contributed by atoms with Gasteiger partial charge in [-0.3, -0.25) is 4.98 Å². The summed E-state index contributed by atoms with van der Waals surface area (Å²) < 4.78 is 1.87. The van der Waals surface area contributed by atoms with E-state index in [1.807, 2.05) is 16.8 Å². The molecule has 1 aliphatic rings. The van der Waals surface area contributed by atoms with Crippen LogP contribution in [0, 0.1) is 0 Å². The van der Waals surface area contributed by atoms with Crippen LogP contribution in [0.4, 0.5) is 0 Å². The zero-order valence-electron chi connectivity index (χ0n) is 9.45. The molecule has 2 aromatic heterocycles. The fraction of sp³-hybridized carbons (Fsp3) is 0.417. The minimum atomic E-state index is 0.0803. The van der Waals surface area contributed by atoms with Gasteiger partial charge >= 0.3 is 0 Å². The highest BCUT2D eigenvalue weighted by Gasteiger charge is 2.22. The lowest BCUT2D eigenvalue weighted by Crippen LogP contribution is -2.21. The van der Waals surface area contributed by atoms with Crippen molar-refractivity contribution in [2.24, 2.45) is 0 Å². The topological polar surface area (TPSA) is 63.8 Å². The Morgan fingerprint density at radius 2 is 2.41 bits per heavy atom. The Kier molecular flexibility index (Phi) is 2.60. The maximum atomic E-state index is 9.32. The van der Waals surface area contributed by atoms with Crippen LogP contribution in [-0.2, 0) is 6.42 Å². The minimum Gasteiger partial charge on any atom is -0.394 e. The van der Waals surface area contributed by atoms with Crippen molar-refractivity contribution in [1.29, 1.82) is 0 Å². The summed E-state index contributed by atoms with van der Waals surface area (Å²) in [6, 6.07) is 3.90. The van der Waals surface area contributed by atoms with E-state index in [-0.39, 0.29) is 12.6 Å². The Bertz CT molecular complexity index is 508. The number of rotatable bonds is 2. The third-order valence-electron chi connectivity index (χ3n) is 3.12. The second-order valence-corrected chi connectivity index (χ2v) is 4.27. The van der Waals surface area contributed by atoms with Gasteiger partial charge in [0.25, 0.3) is 0 Å². The Morgan fingerprint density at radius 3 is 3.18 bits per heavy atom. The van der Waals surface area contributed by atoms with Crippen molar-refractivity contribution in [3.8, 4) is 11.4 Å². The maximum Gasteiger partial charge on any atom is 0.182 e. The molecule has 0 bridgehead atoms. The molecule has 17 heavy (non-hydrogen) atoms. The van der Waals surface area contributed by atoms with E-state index in [0.29, 0.717) is 5.82 Å². The number of hydrogen-bond donors (Lipinski definition) is 1. The van der Waals surface area contributed by atoms with Crippen molar-refractivity contribution in [2.45, 2.75) is 25.3 Å². The molecule has 2 aromatic rings. The molecule has 0 amide bonds. The normalized spacial score (nSPS) is 19.0. The fourth-order valence-electron chi connectivity index (χ4n) is 2.22. The predicted octanol–water partition coefficient (Wildman–Crippen LogP) is 1.21. The van der Waals surface area contributed by atoms with E-state index in [0.717, 1.165) is 30.7 Å². The van der Waals surface area contributed by atoms with Crippen LogP contribution in [0.25, 0.3) is 11.4 Å². The molecule has 0 saturated carbocycles. The number of aryl methyl sites for hydroxylation is 1. The molecule has 0 spiro atoms. The Balaban J connectivity index is 2.02. The summed E-state index contributed by atoms with van der Waals surface area (Å²) in [7, 11) is 0. The largest absolute Gasteiger partial charge is 0.394 e. The molecule has 1 aliphatic heterocycles. The van der Waals surface area contributed by atoms with Gasteiger partial charge in [-0.15, -0.1) is 0 Å². The molecule has 3 rings (SSSR count). The highest BCUT2D eigenvalue weighted by Crippen LogP contribution is 2.25. The van der Waals surface area contributed by atoms with E-state index in [1.165, 1.54) is 0 Å². The molecular weight excluding hydrogens is 216 g/mol. The van der Waals surface area contributed by atoms with Crippen LogP contribution in [0.2, 0.25) is 0 Å². The van der Waals surface area contributed by atoms with Gasteiger partial charge in [-0.1, -0.05) is 0 Å². The van der Waals surface area contributed by atoms with E-state index >= 15 is 0 Å². The van der Waals surface area contributed by atoms with E-state index in [9.17, 15) is 5.11 Å². The smallest absolute Gasteiger partial charge is 0.182 e. The lowest BCUT2D eigenvalue weighted by Gasteiger charge is -2.20. The van der Waals surface area contributed by atoms with Gasteiger partial charge in [0.15, 0.2) is 5.82 Å². The van der Waals surface area contributed by atoms with Gasteiger partial charge in [-0.25, -0.2) is 9.67 Å². The molecule has 5 heteroatoms. The molecule has 88 valence electrons. The average molecular weight is 230 g/mol. The summed E-state index contributed by atoms with van der Waals surface area (Å²) in [6.45, 7) is 0.128. The standard InChI is InChI=1S/C12H14N4O/c17-8-10-4-1-5-11-14-12(15-16(10)11)9-3-2-6-13-7-9/h2-3,6-7,10,17H,1,4-5,8H2. The molecule has 0 aromatic carbocycles. The molecule has 0 saturated heterocycles. The summed E-state index contributed by atoms with van der Waals surface area (Å²) in [4.78, 5) is 8.59. The summed E-state index contributed by atoms with van der Waals surface area (Å²) >= 11 is 0. The highest BCUT2D eigenvalue weighted by molar-refractivity contribution is 5.52. The van der Waals surface area contributed by atoms with Gasteiger partial charge in [0.2, 0.25) is 0 Å². The lowest BCUT2D eigenvalue weighted by molar-refractivity contribution is 0.195. The quantitative estimate of drug-likeness (QED) is 0.842. The second kappa shape index (κ2) is 4.25. The minimum absolute atomic E-state index is 0.0803. The van der Waals surface area contributed by atoms with Gasteiger partial charge in [-0.05, 0) is 25.0 Å². The van der Waals surface area contributed by atoms with Crippen molar-refractivity contribution < 1.29 is 5.11 Å². The van der Waals surface area contributed by atoms with Crippen LogP contribution in [0.3, 0.4) is 0 Å². The highest BCUT2D eigenvalue weighted by atomic mass is 16.3. The third kappa shape index (κ3) is 1.82. The lowest BCUT2D eigenvalue weighted by atomic mass is 10.1. The zero-order valence-corrected chi connectivity index (χ0v) is 9.45. The number of fused-ring (bicyclic) bond motifs is 1. The molecule has 5 nitrogen and oxygen atoms in total. The number of aliphatic hydroxyl groups excluding tert-OH is 1. The molecule has 1 N–H and O–H groups in total. The maximum absolute atomic E-state index is 9.32. The SMILES string of the molecule is OCC1CCCc2nc(-c3cccnc3)nn21. The first-order valence-electron chi connectivity index (χ1n) is 5.85. The van der Waals surface area contributed by atoms with Gasteiger partial charge in [0.1, 0.15) is 5.82 Å². The summed E-state index contributed by atoms with van der Waals surface area (Å²) in [5.74, 6) is 1.67. The van der Waals surface area contributed by atoms with Crippen LogP contribution < -0.4 is 0 Å². The molecule has 0 aliphatic carbocycles. The third-order valence-corrected chi connectivity index (χ3v) is 3.12. The number of aromatic nitrogens is 4. The number of pyridine rings is 1. The first-order valence-corrected chi connectivity index (χ1v) is 5.85. The Hall–Kier alpha value is -1.75. The van der Waals surface area contributed by atoms with Crippen LogP contribution >= 0.6 is 0 Å². The van der Waals surface area contributed by atoms with E-state index < -0.39 is 0 Å². The first-order chi connectivity index (χ1) is 8.38. The van der Waals surface area contributed by atoms with E-state index in [2.05, 4.69) is 15.1 Å². The number of hydrogen-bond acceptors (Lipinski definition) is 4. The van der Waals surface area contributed by atoms with Crippen LogP contribution in [0.15, 0.2) is 24.5 Å². The van der Waals surface area contributed by atoms with Gasteiger partial charge in [-0.2, -0.15) is 5.10 Å². The molecule has 3 heterocycles. The van der Waals surface area contributed by atoms with Gasteiger partial charge in [0.05, 0.1) is 12.6 Å². The monoisotopic (exact) mass is 230 g/mol. The zero-order chi connectivity index (χ0) is 11.7. The molecule has 0 fully saturated rings. The summed E-state index contributed by atoms with van der Waals surface area (Å²) in [5, 5.41) is 13.8. The van der Waals surface area contributed by atoms with E-state index in [4.69, 9.17) is 0 Å². The molecule has 1 atom stereocenters. The van der Waals surface area contributed by atoms with Crippen LogP contribution in [0.5, 0.6) is 0 Å². The Morgan fingerprint density at radius 1 is 1.47 bits per heavy atom. The summed E-state index contributed by atoms with van der Waals surface area (Å²) in [5.41, 5.74) is 0.922. The number of aliphatic hydroxyl groups is 1. The predicted molar refractivity (Wildman–Crippen MR) is 62.3 cm³/mol. The first kappa shape index (κ1) is 10.4. The molecule has 0 radical (unpaired) electrons. The number of nitrogens with zero attached hydrogens (tertiary/aromatic N) is 4. The van der Waals surface area contributed by atoms with Crippen molar-refractivity contribution in [2.75, 3.05) is 6.61 Å². The van der Waals surface area contributed by atoms with Crippen LogP contribution in [0.1, 0.15) is 24.7 Å². The summed E-state index contributed by atoms with van der Waals surface area (Å²) in [6.07, 6.45) is 6.46. The van der Waals surface area contributed by atoms with Gasteiger partial charge < -0.3 is 5.11 Å². The average Bonchev–Trinajstić information content (AvgIpc) is 2.83. The van der Waals surface area contributed by atoms with E-state index in [1.54, 1.807) is 12.4 Å². The van der Waals surface area contributed by atoms with Crippen LogP contribution in [-0.4, -0.2) is 31.5 Å². The van der Waals surface area contributed by atoms with Crippen molar-refractivity contribution in [3.05, 3.63) is 30.4 Å². The van der Waals surface area contributed by atoms with Crippen molar-refractivity contribution in [3.63, 3.8) is 0 Å². The van der Waals surface area contributed by atoms with Crippen molar-refractivity contribution in [1.82, 2.24) is 19.7 Å². The van der Waals surface area contributed by atoms with Gasteiger partial charge in [0, 0.05) is 24.4 Å². The van der Waals surface area contributed by atoms with Crippen molar-refractivity contribution >= 4 is 0 Å². The fourth-order valence-corrected chi connectivity index (χ4v) is 2.22. The molecule has 1 unspecified atom stereocenters. The Labute approximate surface area is 99.1 Å². The second-order valence-electron chi connectivity index (χ2n) is 4.27.